The molecule has 0 aromatic rings. The van der Waals surface area contributed by atoms with Crippen LogP contribution in [0.3, 0.4) is 0 Å². The van der Waals surface area contributed by atoms with Gasteiger partial charge in [-0.05, 0) is 51.4 Å². The predicted molar refractivity (Wildman–Crippen MR) is 267 cm³/mol. The van der Waals surface area contributed by atoms with Gasteiger partial charge in [0, 0.05) is 6.42 Å². The highest BCUT2D eigenvalue weighted by Crippen LogP contribution is 2.23. The molecule has 1 fully saturated rings. The van der Waals surface area contributed by atoms with Crippen molar-refractivity contribution in [2.24, 2.45) is 0 Å². The summed E-state index contributed by atoms with van der Waals surface area (Å²) in [6.07, 6.45) is 50.3. The van der Waals surface area contributed by atoms with Crippen LogP contribution in [-0.4, -0.2) is 87.5 Å². The summed E-state index contributed by atoms with van der Waals surface area (Å²) in [6.45, 7) is 3.83. The lowest BCUT2D eigenvalue weighted by Crippen LogP contribution is -2.60. The van der Waals surface area contributed by atoms with Crippen LogP contribution in [0.1, 0.15) is 251 Å². The normalized spacial score (nSPS) is 20.3. The summed E-state index contributed by atoms with van der Waals surface area (Å²) in [4.78, 5) is 13.0. The Morgan fingerprint density at radius 2 is 0.922 bits per heavy atom. The molecule has 1 aliphatic heterocycles. The van der Waals surface area contributed by atoms with E-state index in [-0.39, 0.29) is 12.5 Å². The summed E-state index contributed by atoms with van der Waals surface area (Å²) in [6, 6.07) is -0.717. The molecule has 6 N–H and O–H groups in total. The second-order valence-corrected chi connectivity index (χ2v) is 19.0. The van der Waals surface area contributed by atoms with Crippen LogP contribution in [-0.2, 0) is 14.3 Å². The highest BCUT2D eigenvalue weighted by molar-refractivity contribution is 5.76. The van der Waals surface area contributed by atoms with Crippen molar-refractivity contribution in [2.75, 3.05) is 13.2 Å². The van der Waals surface area contributed by atoms with Gasteiger partial charge in [-0.3, -0.25) is 4.79 Å². The number of aliphatic hydroxyl groups is 5. The van der Waals surface area contributed by atoms with E-state index in [0.717, 1.165) is 51.4 Å². The van der Waals surface area contributed by atoms with Gasteiger partial charge in [0.25, 0.3) is 0 Å². The largest absolute Gasteiger partial charge is 0.394 e. The van der Waals surface area contributed by atoms with Crippen molar-refractivity contribution in [3.8, 4) is 0 Å². The fraction of sp³-hybridized carbons (Fsp3) is 0.873. The Kier molecular flexibility index (Phi) is 42.7. The van der Waals surface area contributed by atoms with Crippen molar-refractivity contribution >= 4 is 5.91 Å². The highest BCUT2D eigenvalue weighted by atomic mass is 16.7. The van der Waals surface area contributed by atoms with Gasteiger partial charge in [0.05, 0.1) is 25.4 Å². The van der Waals surface area contributed by atoms with Crippen molar-refractivity contribution in [3.63, 3.8) is 0 Å². The van der Waals surface area contributed by atoms with Crippen molar-refractivity contribution in [3.05, 3.63) is 36.5 Å². The minimum absolute atomic E-state index is 0.137. The molecule has 7 unspecified atom stereocenters. The quantitative estimate of drug-likeness (QED) is 0.0261. The van der Waals surface area contributed by atoms with E-state index < -0.39 is 49.5 Å². The summed E-state index contributed by atoms with van der Waals surface area (Å²) in [5.41, 5.74) is 0. The van der Waals surface area contributed by atoms with Crippen molar-refractivity contribution in [2.45, 2.75) is 294 Å². The minimum atomic E-state index is -1.55. The molecule has 1 heterocycles. The molecule has 0 bridgehead atoms. The topological polar surface area (TPSA) is 149 Å². The van der Waals surface area contributed by atoms with Gasteiger partial charge in [-0.15, -0.1) is 0 Å². The molecule has 1 rings (SSSR count). The van der Waals surface area contributed by atoms with Crippen LogP contribution >= 0.6 is 0 Å². The summed E-state index contributed by atoms with van der Waals surface area (Å²) in [5, 5.41) is 54.5. The Hall–Kier alpha value is -1.59. The van der Waals surface area contributed by atoms with Crippen LogP contribution in [0, 0.1) is 0 Å². The van der Waals surface area contributed by atoms with Gasteiger partial charge >= 0.3 is 0 Å². The summed E-state index contributed by atoms with van der Waals surface area (Å²) in [5.74, 6) is -0.145. The van der Waals surface area contributed by atoms with E-state index in [9.17, 15) is 30.3 Å². The maximum Gasteiger partial charge on any atom is 0.220 e. The average molecular weight is 906 g/mol. The Labute approximate surface area is 393 Å². The number of ether oxygens (including phenoxy) is 2. The number of hydrogen-bond donors (Lipinski definition) is 6. The first-order valence-corrected chi connectivity index (χ1v) is 27.2. The molecule has 1 saturated heterocycles. The molecular weight excluding hydrogens is 803 g/mol. The molecule has 0 radical (unpaired) electrons. The second kappa shape index (κ2) is 45.2. The van der Waals surface area contributed by atoms with Crippen LogP contribution < -0.4 is 5.32 Å². The van der Waals surface area contributed by atoms with Crippen LogP contribution in [0.4, 0.5) is 0 Å². The SMILES string of the molecule is CCCCCCC/C=C\C/C=C\C/C=C\CCCCCCCCCCCCCCCCC(=O)NC(COC1OC(CO)C(O)C(O)C1O)C(O)CCCCCCCCCCCCCC. The van der Waals surface area contributed by atoms with Crippen LogP contribution in [0.2, 0.25) is 0 Å². The van der Waals surface area contributed by atoms with Crippen molar-refractivity contribution < 1.29 is 39.8 Å². The third-order valence-corrected chi connectivity index (χ3v) is 13.0. The Bertz CT molecular complexity index is 1100. The molecule has 0 aromatic heterocycles. The van der Waals surface area contributed by atoms with Crippen LogP contribution in [0.25, 0.3) is 0 Å². The molecule has 0 aliphatic carbocycles. The number of carbonyl (C=O) groups excluding carboxylic acids is 1. The number of allylic oxidation sites excluding steroid dienone is 6. The summed E-state index contributed by atoms with van der Waals surface area (Å²) < 4.78 is 11.3. The zero-order valence-electron chi connectivity index (χ0n) is 41.5. The number of unbranched alkanes of at least 4 members (excludes halogenated alkanes) is 30. The molecule has 9 heteroatoms. The highest BCUT2D eigenvalue weighted by Gasteiger charge is 2.44. The third kappa shape index (κ3) is 34.7. The number of rotatable bonds is 46. The second-order valence-electron chi connectivity index (χ2n) is 19.0. The first-order chi connectivity index (χ1) is 31.3. The van der Waals surface area contributed by atoms with Gasteiger partial charge in [-0.2, -0.15) is 0 Å². The number of hydrogen-bond acceptors (Lipinski definition) is 8. The van der Waals surface area contributed by atoms with Crippen LogP contribution in [0.15, 0.2) is 36.5 Å². The Morgan fingerprint density at radius 3 is 1.36 bits per heavy atom. The molecule has 0 spiro atoms. The molecule has 1 aliphatic rings. The lowest BCUT2D eigenvalue weighted by Gasteiger charge is -2.40. The first-order valence-electron chi connectivity index (χ1n) is 27.2. The van der Waals surface area contributed by atoms with Gasteiger partial charge < -0.3 is 40.3 Å². The van der Waals surface area contributed by atoms with Gasteiger partial charge in [0.15, 0.2) is 6.29 Å². The van der Waals surface area contributed by atoms with Crippen LogP contribution in [0.5, 0.6) is 0 Å². The predicted octanol–water partition coefficient (Wildman–Crippen LogP) is 12.8. The van der Waals surface area contributed by atoms with E-state index >= 15 is 0 Å². The van der Waals surface area contributed by atoms with Gasteiger partial charge in [0.2, 0.25) is 5.91 Å². The standard InChI is InChI=1S/C55H103NO8/c1-3-5-7-9-11-13-15-17-18-19-20-21-22-23-24-25-26-27-28-29-30-31-32-33-35-37-39-41-43-45-51(59)56-48(47-63-55-54(62)53(61)52(60)50(46-57)64-55)49(58)44-42-40-38-36-34-16-14-12-10-8-6-4-2/h15,17,19-20,22-23,48-50,52-55,57-58,60-62H,3-14,16,18,21,24-47H2,1-2H3,(H,56,59)/b17-15-,20-19-,23-22-. The van der Waals surface area contributed by atoms with Crippen molar-refractivity contribution in [1.29, 1.82) is 0 Å². The zero-order valence-corrected chi connectivity index (χ0v) is 41.5. The molecule has 0 aromatic carbocycles. The number of carbonyl (C=O) groups is 1. The van der Waals surface area contributed by atoms with E-state index in [1.807, 2.05) is 0 Å². The number of nitrogens with one attached hydrogen (secondary N) is 1. The van der Waals surface area contributed by atoms with E-state index in [0.29, 0.717) is 12.8 Å². The fourth-order valence-electron chi connectivity index (χ4n) is 8.64. The number of amides is 1. The number of aliphatic hydroxyl groups excluding tert-OH is 5. The summed E-state index contributed by atoms with van der Waals surface area (Å²) >= 11 is 0. The molecule has 9 nitrogen and oxygen atoms in total. The van der Waals surface area contributed by atoms with Gasteiger partial charge in [-0.25, -0.2) is 0 Å². The Balaban J connectivity index is 2.15. The minimum Gasteiger partial charge on any atom is -0.394 e. The van der Waals surface area contributed by atoms with Gasteiger partial charge in [0.1, 0.15) is 24.4 Å². The van der Waals surface area contributed by atoms with E-state index in [4.69, 9.17) is 9.47 Å². The third-order valence-electron chi connectivity index (χ3n) is 13.0. The van der Waals surface area contributed by atoms with E-state index in [1.165, 1.54) is 173 Å². The maximum absolute atomic E-state index is 13.0. The van der Waals surface area contributed by atoms with Crippen molar-refractivity contribution in [1.82, 2.24) is 5.32 Å². The lowest BCUT2D eigenvalue weighted by atomic mass is 9.99. The molecule has 376 valence electrons. The average Bonchev–Trinajstić information content (AvgIpc) is 3.29. The monoisotopic (exact) mass is 906 g/mol. The maximum atomic E-state index is 13.0. The van der Waals surface area contributed by atoms with E-state index in [2.05, 4.69) is 55.6 Å². The molecular formula is C55H103NO8. The molecule has 7 atom stereocenters. The lowest BCUT2D eigenvalue weighted by molar-refractivity contribution is -0.302. The van der Waals surface area contributed by atoms with Gasteiger partial charge in [-0.1, -0.05) is 230 Å². The molecule has 1 amide bonds. The van der Waals surface area contributed by atoms with E-state index in [1.54, 1.807) is 0 Å². The summed E-state index contributed by atoms with van der Waals surface area (Å²) in [7, 11) is 0. The zero-order chi connectivity index (χ0) is 46.6. The fourth-order valence-corrected chi connectivity index (χ4v) is 8.64. The first kappa shape index (κ1) is 60.4. The smallest absolute Gasteiger partial charge is 0.220 e. The molecule has 0 saturated carbocycles. The Morgan fingerprint density at radius 1 is 0.531 bits per heavy atom. The molecule has 64 heavy (non-hydrogen) atoms.